The van der Waals surface area contributed by atoms with Crippen molar-refractivity contribution in [1.82, 2.24) is 0 Å². The van der Waals surface area contributed by atoms with E-state index in [1.165, 1.54) is 0 Å². The fourth-order valence-corrected chi connectivity index (χ4v) is 2.58. The maximum absolute atomic E-state index is 11.0. The van der Waals surface area contributed by atoms with Gasteiger partial charge in [-0.05, 0) is 42.2 Å². The van der Waals surface area contributed by atoms with Crippen LogP contribution in [0.4, 0.5) is 0 Å². The van der Waals surface area contributed by atoms with Gasteiger partial charge in [0.2, 0.25) is 0 Å². The van der Waals surface area contributed by atoms with E-state index in [2.05, 4.69) is 33.9 Å². The summed E-state index contributed by atoms with van der Waals surface area (Å²) in [5.74, 6) is -0.363. The first-order valence-electron chi connectivity index (χ1n) is 7.69. The average Bonchev–Trinajstić information content (AvgIpc) is 2.42. The molecule has 22 heavy (non-hydrogen) atoms. The lowest BCUT2D eigenvalue weighted by Gasteiger charge is -2.36. The maximum atomic E-state index is 11.0. The first-order valence-corrected chi connectivity index (χ1v) is 10.6. The van der Waals surface area contributed by atoms with Crippen molar-refractivity contribution in [2.75, 3.05) is 0 Å². The van der Waals surface area contributed by atoms with Crippen LogP contribution in [0.15, 0.2) is 24.3 Å². The molecule has 0 spiro atoms. The first-order chi connectivity index (χ1) is 10.1. The summed E-state index contributed by atoms with van der Waals surface area (Å²) >= 11 is 0. The lowest BCUT2D eigenvalue weighted by molar-refractivity contribution is -0.145. The van der Waals surface area contributed by atoms with E-state index < -0.39 is 20.4 Å². The predicted molar refractivity (Wildman–Crippen MR) is 90.8 cm³/mol. The Morgan fingerprint density at radius 1 is 1.23 bits per heavy atom. The number of rotatable bonds is 7. The summed E-state index contributed by atoms with van der Waals surface area (Å²) in [5.41, 5.74) is 1.07. The Hall–Kier alpha value is -1.33. The van der Waals surface area contributed by atoms with E-state index in [0.29, 0.717) is 18.8 Å². The summed E-state index contributed by atoms with van der Waals surface area (Å²) in [5, 5.41) is 9.19. The van der Waals surface area contributed by atoms with Crippen LogP contribution in [0.3, 0.4) is 0 Å². The molecule has 0 fully saturated rings. The van der Waals surface area contributed by atoms with Gasteiger partial charge in [-0.25, -0.2) is 4.79 Å². The van der Waals surface area contributed by atoms with Gasteiger partial charge in [-0.1, -0.05) is 39.8 Å². The normalized spacial score (nSPS) is 13.7. The number of aliphatic carboxylic acids is 1. The minimum Gasteiger partial charge on any atom is -0.479 e. The van der Waals surface area contributed by atoms with Crippen molar-refractivity contribution in [2.24, 2.45) is 0 Å². The molecule has 0 aliphatic carbocycles. The Morgan fingerprint density at radius 2 is 1.77 bits per heavy atom. The summed E-state index contributed by atoms with van der Waals surface area (Å²) in [6, 6.07) is 7.46. The number of hydrogen-bond acceptors (Lipinski definition) is 3. The van der Waals surface area contributed by atoms with Crippen molar-refractivity contribution in [2.45, 2.75) is 65.0 Å². The molecule has 1 N–H and O–H groups in total. The summed E-state index contributed by atoms with van der Waals surface area (Å²) < 4.78 is 11.6. The van der Waals surface area contributed by atoms with Gasteiger partial charge in [0.05, 0.1) is 6.61 Å². The molecule has 0 aromatic heterocycles. The van der Waals surface area contributed by atoms with Crippen molar-refractivity contribution >= 4 is 14.3 Å². The van der Waals surface area contributed by atoms with Gasteiger partial charge in [0, 0.05) is 0 Å². The molecule has 1 atom stereocenters. The Morgan fingerprint density at radius 3 is 2.18 bits per heavy atom. The summed E-state index contributed by atoms with van der Waals surface area (Å²) in [4.78, 5) is 11.0. The Kier molecular flexibility index (Phi) is 6.20. The monoisotopic (exact) mass is 324 g/mol. The third kappa shape index (κ3) is 5.14. The first kappa shape index (κ1) is 18.7. The second kappa shape index (κ2) is 7.29. The zero-order valence-electron chi connectivity index (χ0n) is 14.5. The summed E-state index contributed by atoms with van der Waals surface area (Å²) in [6.07, 6.45) is -0.361. The fraction of sp³-hybridized carbons (Fsp3) is 0.588. The number of hydrogen-bond donors (Lipinski definition) is 1. The van der Waals surface area contributed by atoms with Crippen molar-refractivity contribution in [3.63, 3.8) is 0 Å². The summed E-state index contributed by atoms with van der Waals surface area (Å²) in [6.45, 7) is 13.5. The lowest BCUT2D eigenvalue weighted by Crippen LogP contribution is -2.40. The van der Waals surface area contributed by atoms with Crippen LogP contribution in [-0.2, 0) is 15.8 Å². The van der Waals surface area contributed by atoms with E-state index in [0.717, 1.165) is 5.56 Å². The zero-order chi connectivity index (χ0) is 17.0. The van der Waals surface area contributed by atoms with Crippen molar-refractivity contribution in [3.05, 3.63) is 29.8 Å². The highest BCUT2D eigenvalue weighted by atomic mass is 28.4. The van der Waals surface area contributed by atoms with Crippen LogP contribution in [0.1, 0.15) is 39.7 Å². The van der Waals surface area contributed by atoms with E-state index in [4.69, 9.17) is 14.3 Å². The Bertz CT molecular complexity index is 488. The standard InChI is InChI=1S/C17H28O4Si/c1-7-15(16(18)19)21-14-10-8-13(9-11-14)12-20-22(5,6)17(2,3)4/h8-11,15H,7,12H2,1-6H3,(H,18,19). The maximum Gasteiger partial charge on any atom is 0.344 e. The fourth-order valence-electron chi connectivity index (χ4n) is 1.62. The highest BCUT2D eigenvalue weighted by Crippen LogP contribution is 2.37. The highest BCUT2D eigenvalue weighted by Gasteiger charge is 2.36. The van der Waals surface area contributed by atoms with E-state index in [-0.39, 0.29) is 5.04 Å². The number of carbonyl (C=O) groups is 1. The van der Waals surface area contributed by atoms with Gasteiger partial charge >= 0.3 is 5.97 Å². The van der Waals surface area contributed by atoms with Crippen molar-refractivity contribution < 1.29 is 19.1 Å². The second-order valence-corrected chi connectivity index (χ2v) is 11.9. The molecule has 0 saturated heterocycles. The number of carboxylic acids is 1. The molecular formula is C17H28O4Si. The largest absolute Gasteiger partial charge is 0.479 e. The molecule has 1 rings (SSSR count). The third-order valence-corrected chi connectivity index (χ3v) is 8.73. The molecule has 0 amide bonds. The Labute approximate surface area is 134 Å². The minimum atomic E-state index is -1.76. The third-order valence-electron chi connectivity index (χ3n) is 4.25. The SMILES string of the molecule is CCC(Oc1ccc(CO[Si](C)(C)C(C)(C)C)cc1)C(=O)O. The molecule has 5 heteroatoms. The Balaban J connectivity index is 2.64. The van der Waals surface area contributed by atoms with Crippen LogP contribution < -0.4 is 4.74 Å². The van der Waals surface area contributed by atoms with Gasteiger partial charge in [0.15, 0.2) is 14.4 Å². The molecule has 1 aromatic carbocycles. The number of ether oxygens (including phenoxy) is 1. The molecule has 0 radical (unpaired) electrons. The van der Waals surface area contributed by atoms with Crippen LogP contribution in [0, 0.1) is 0 Å². The van der Waals surface area contributed by atoms with E-state index in [9.17, 15) is 4.79 Å². The van der Waals surface area contributed by atoms with Crippen LogP contribution in [0.25, 0.3) is 0 Å². The smallest absolute Gasteiger partial charge is 0.344 e. The molecule has 1 unspecified atom stereocenters. The van der Waals surface area contributed by atoms with Crippen LogP contribution in [0.2, 0.25) is 18.1 Å². The van der Waals surface area contributed by atoms with Gasteiger partial charge in [-0.15, -0.1) is 0 Å². The van der Waals surface area contributed by atoms with E-state index >= 15 is 0 Å². The molecule has 0 aliphatic rings. The average molecular weight is 324 g/mol. The molecule has 0 aliphatic heterocycles. The molecule has 1 aromatic rings. The molecule has 0 saturated carbocycles. The van der Waals surface area contributed by atoms with E-state index in [1.54, 1.807) is 19.1 Å². The summed E-state index contributed by atoms with van der Waals surface area (Å²) in [7, 11) is -1.76. The van der Waals surface area contributed by atoms with Gasteiger partial charge in [-0.2, -0.15) is 0 Å². The molecule has 4 nitrogen and oxygen atoms in total. The van der Waals surface area contributed by atoms with Gasteiger partial charge in [0.25, 0.3) is 0 Å². The molecule has 124 valence electrons. The van der Waals surface area contributed by atoms with E-state index in [1.807, 2.05) is 12.1 Å². The number of benzene rings is 1. The highest BCUT2D eigenvalue weighted by molar-refractivity contribution is 6.74. The van der Waals surface area contributed by atoms with Crippen molar-refractivity contribution in [3.8, 4) is 5.75 Å². The lowest BCUT2D eigenvalue weighted by atomic mass is 10.2. The van der Waals surface area contributed by atoms with Crippen LogP contribution in [0.5, 0.6) is 5.75 Å². The van der Waals surface area contributed by atoms with Crippen LogP contribution in [-0.4, -0.2) is 25.5 Å². The second-order valence-electron chi connectivity index (χ2n) is 7.05. The quantitative estimate of drug-likeness (QED) is 0.753. The minimum absolute atomic E-state index is 0.186. The van der Waals surface area contributed by atoms with Gasteiger partial charge < -0.3 is 14.3 Å². The van der Waals surface area contributed by atoms with Crippen LogP contribution >= 0.6 is 0 Å². The number of carboxylic acid groups (broad SMARTS) is 1. The van der Waals surface area contributed by atoms with Gasteiger partial charge in [0.1, 0.15) is 5.75 Å². The predicted octanol–water partition coefficient (Wildman–Crippen LogP) is 4.45. The zero-order valence-corrected chi connectivity index (χ0v) is 15.5. The van der Waals surface area contributed by atoms with Gasteiger partial charge in [-0.3, -0.25) is 0 Å². The molecule has 0 heterocycles. The van der Waals surface area contributed by atoms with Crippen molar-refractivity contribution in [1.29, 1.82) is 0 Å². The molecule has 0 bridgehead atoms. The topological polar surface area (TPSA) is 55.8 Å². The molecular weight excluding hydrogens is 296 g/mol.